The molecule has 0 fully saturated rings. The summed E-state index contributed by atoms with van der Waals surface area (Å²) in [5.41, 5.74) is 0. The zero-order valence-corrected chi connectivity index (χ0v) is 7.67. The third-order valence-corrected chi connectivity index (χ3v) is 1.28. The second-order valence-corrected chi connectivity index (χ2v) is 2.49. The second-order valence-electron chi connectivity index (χ2n) is 2.49. The molecule has 0 rings (SSSR count). The van der Waals surface area contributed by atoms with Crippen LogP contribution in [-0.4, -0.2) is 30.8 Å². The first kappa shape index (κ1) is 14.8. The van der Waals surface area contributed by atoms with E-state index in [0.717, 1.165) is 6.92 Å². The lowest BCUT2D eigenvalue weighted by molar-refractivity contribution is -0.359. The molecule has 96 valence electrons. The quantitative estimate of drug-likeness (QED) is 0.623. The average molecular weight is 257 g/mol. The zero-order chi connectivity index (χ0) is 13.2. The topological polar surface area (TPSA) is 38.3 Å². The molecule has 16 heavy (non-hydrogen) atoms. The van der Waals surface area contributed by atoms with Crippen LogP contribution in [0.15, 0.2) is 0 Å². The Bertz CT molecular complexity index is 262. The highest BCUT2D eigenvalue weighted by atomic mass is 19.4. The summed E-state index contributed by atoms with van der Waals surface area (Å²) < 4.78 is 87.5. The minimum Gasteiger partial charge on any atom is -0.450 e. The van der Waals surface area contributed by atoms with Crippen molar-refractivity contribution >= 4 is 6.09 Å². The van der Waals surface area contributed by atoms with E-state index in [1.165, 1.54) is 0 Å². The van der Waals surface area contributed by atoms with Gasteiger partial charge in [0.2, 0.25) is 0 Å². The highest BCUT2D eigenvalue weighted by molar-refractivity contribution is 5.67. The van der Waals surface area contributed by atoms with Gasteiger partial charge in [0.15, 0.2) is 0 Å². The number of hydrogen-bond acceptors (Lipinski definition) is 2. The molecule has 0 aromatic heterocycles. The van der Waals surface area contributed by atoms with Gasteiger partial charge in [0.1, 0.15) is 0 Å². The maximum atomic E-state index is 12.4. The third kappa shape index (κ3) is 2.89. The number of amides is 1. The van der Waals surface area contributed by atoms with E-state index in [9.17, 15) is 35.5 Å². The van der Waals surface area contributed by atoms with Crippen LogP contribution in [-0.2, 0) is 4.74 Å². The van der Waals surface area contributed by atoms with Gasteiger partial charge in [-0.25, -0.2) is 4.79 Å². The molecule has 10 heteroatoms. The number of nitrogens with one attached hydrogen (secondary N) is 1. The van der Waals surface area contributed by atoms with Crippen LogP contribution in [0.25, 0.3) is 0 Å². The van der Waals surface area contributed by atoms with Crippen LogP contribution in [0.3, 0.4) is 0 Å². The summed E-state index contributed by atoms with van der Waals surface area (Å²) >= 11 is 0. The fourth-order valence-electron chi connectivity index (χ4n) is 0.552. The molecule has 0 heterocycles. The van der Waals surface area contributed by atoms with Gasteiger partial charge in [-0.15, -0.1) is 0 Å². The summed E-state index contributed by atoms with van der Waals surface area (Å²) in [7, 11) is 0. The number of hydrogen-bond donors (Lipinski definition) is 1. The van der Waals surface area contributed by atoms with Crippen molar-refractivity contribution in [2.24, 2.45) is 0 Å². The number of carbonyl (C=O) groups excluding carboxylic acids is 1. The molecular formula is C6H6F7NO2. The number of carbonyl (C=O) groups is 1. The molecule has 0 aliphatic heterocycles. The smallest absolute Gasteiger partial charge is 0.450 e. The first-order chi connectivity index (χ1) is 6.95. The summed E-state index contributed by atoms with van der Waals surface area (Å²) in [6, 6.07) is -5.78. The molecule has 0 radical (unpaired) electrons. The minimum atomic E-state index is -6.49. The molecule has 0 unspecified atom stereocenters. The Hall–Kier alpha value is -1.22. The predicted octanol–water partition coefficient (Wildman–Crippen LogP) is 2.52. The van der Waals surface area contributed by atoms with Crippen molar-refractivity contribution in [2.75, 3.05) is 6.61 Å². The van der Waals surface area contributed by atoms with Crippen molar-refractivity contribution in [3.8, 4) is 0 Å². The second kappa shape index (κ2) is 4.34. The number of alkyl carbamates (subject to hydrolysis) is 1. The van der Waals surface area contributed by atoms with Crippen LogP contribution >= 0.6 is 0 Å². The van der Waals surface area contributed by atoms with Gasteiger partial charge in [-0.05, 0) is 6.92 Å². The minimum absolute atomic E-state index is 0.140. The van der Waals surface area contributed by atoms with Crippen molar-refractivity contribution in [1.29, 1.82) is 0 Å². The number of ether oxygens (including phenoxy) is 1. The Morgan fingerprint density at radius 2 is 1.56 bits per heavy atom. The van der Waals surface area contributed by atoms with Crippen molar-refractivity contribution in [3.63, 3.8) is 0 Å². The average Bonchev–Trinajstić information content (AvgIpc) is 2.00. The van der Waals surface area contributed by atoms with Crippen molar-refractivity contribution in [1.82, 2.24) is 5.32 Å². The van der Waals surface area contributed by atoms with Crippen LogP contribution in [0.2, 0.25) is 0 Å². The molecule has 0 aliphatic rings. The van der Waals surface area contributed by atoms with Crippen LogP contribution in [0.1, 0.15) is 6.92 Å². The lowest BCUT2D eigenvalue weighted by atomic mass is 10.3. The third-order valence-electron chi connectivity index (χ3n) is 1.28. The van der Waals surface area contributed by atoms with Crippen LogP contribution in [0, 0.1) is 0 Å². The molecule has 1 N–H and O–H groups in total. The molecule has 1 amide bonds. The SMILES string of the molecule is CCOC(=O)NC(F)(F)C(F)(F)C(F)(F)F. The molecule has 0 bridgehead atoms. The highest BCUT2D eigenvalue weighted by Gasteiger charge is 2.74. The van der Waals surface area contributed by atoms with Gasteiger partial charge >= 0.3 is 24.2 Å². The summed E-state index contributed by atoms with van der Waals surface area (Å²) in [4.78, 5) is 10.3. The molecule has 0 aliphatic carbocycles. The first-order valence-corrected chi connectivity index (χ1v) is 3.73. The fraction of sp³-hybridized carbons (Fsp3) is 0.833. The first-order valence-electron chi connectivity index (χ1n) is 3.73. The van der Waals surface area contributed by atoms with E-state index in [-0.39, 0.29) is 5.32 Å². The molecule has 0 aromatic carbocycles. The maximum absolute atomic E-state index is 12.4. The lowest BCUT2D eigenvalue weighted by Gasteiger charge is -2.27. The molecule has 3 nitrogen and oxygen atoms in total. The molecule has 0 atom stereocenters. The molecule has 0 spiro atoms. The maximum Gasteiger partial charge on any atom is 0.462 e. The van der Waals surface area contributed by atoms with Gasteiger partial charge in [-0.2, -0.15) is 30.7 Å². The summed E-state index contributed by atoms with van der Waals surface area (Å²) in [5.74, 6) is -6.38. The fourth-order valence-corrected chi connectivity index (χ4v) is 0.552. The van der Waals surface area contributed by atoms with E-state index in [0.29, 0.717) is 0 Å². The molecule has 0 saturated carbocycles. The van der Waals surface area contributed by atoms with Gasteiger partial charge < -0.3 is 4.74 Å². The molecular weight excluding hydrogens is 251 g/mol. The standard InChI is InChI=1S/C6H6F7NO2/c1-2-16-3(15)14-6(12,13)4(7,8)5(9,10)11/h2H2,1H3,(H,14,15). The molecule has 0 aromatic rings. The van der Waals surface area contributed by atoms with E-state index in [2.05, 4.69) is 4.74 Å². The highest BCUT2D eigenvalue weighted by Crippen LogP contribution is 2.44. The Labute approximate surface area is 84.5 Å². The lowest BCUT2D eigenvalue weighted by Crippen LogP contribution is -2.60. The normalized spacial score (nSPS) is 13.5. The van der Waals surface area contributed by atoms with Crippen molar-refractivity contribution < 1.29 is 40.3 Å². The van der Waals surface area contributed by atoms with Gasteiger partial charge in [0.25, 0.3) is 0 Å². The summed E-state index contributed by atoms with van der Waals surface area (Å²) in [6.45, 7) is 0.694. The number of rotatable bonds is 3. The molecule has 0 saturated heterocycles. The van der Waals surface area contributed by atoms with Gasteiger partial charge in [-0.1, -0.05) is 0 Å². The predicted molar refractivity (Wildman–Crippen MR) is 36.1 cm³/mol. The van der Waals surface area contributed by atoms with Gasteiger partial charge in [0.05, 0.1) is 6.61 Å². The van der Waals surface area contributed by atoms with E-state index < -0.39 is 30.8 Å². The van der Waals surface area contributed by atoms with E-state index >= 15 is 0 Å². The van der Waals surface area contributed by atoms with Gasteiger partial charge in [0, 0.05) is 0 Å². The van der Waals surface area contributed by atoms with Crippen molar-refractivity contribution in [3.05, 3.63) is 0 Å². The Balaban J connectivity index is 4.84. The van der Waals surface area contributed by atoms with Crippen molar-refractivity contribution in [2.45, 2.75) is 25.1 Å². The number of alkyl halides is 7. The summed E-state index contributed by atoms with van der Waals surface area (Å²) in [6.07, 6.45) is -8.56. The Morgan fingerprint density at radius 1 is 1.12 bits per heavy atom. The van der Waals surface area contributed by atoms with E-state index in [4.69, 9.17) is 0 Å². The zero-order valence-electron chi connectivity index (χ0n) is 7.67. The largest absolute Gasteiger partial charge is 0.462 e. The number of halogens is 7. The van der Waals surface area contributed by atoms with Gasteiger partial charge in [-0.3, -0.25) is 5.32 Å². The van der Waals surface area contributed by atoms with Crippen LogP contribution in [0.4, 0.5) is 35.5 Å². The van der Waals surface area contributed by atoms with Crippen LogP contribution in [0.5, 0.6) is 0 Å². The Kier molecular flexibility index (Phi) is 4.01. The summed E-state index contributed by atoms with van der Waals surface area (Å²) in [5, 5.41) is 0.140. The monoisotopic (exact) mass is 257 g/mol. The van der Waals surface area contributed by atoms with Crippen LogP contribution < -0.4 is 5.32 Å². The van der Waals surface area contributed by atoms with E-state index in [1.54, 1.807) is 0 Å². The van der Waals surface area contributed by atoms with E-state index in [1.807, 2.05) is 0 Å². The Morgan fingerprint density at radius 3 is 1.88 bits per heavy atom.